The SMILES string of the molecule is CCCc1nc(NN)cc(N(C)Cc2ccc(F)cc2)n1. The molecule has 1 aromatic heterocycles. The Bertz CT molecular complexity index is 585. The van der Waals surface area contributed by atoms with Crippen molar-refractivity contribution in [1.29, 1.82) is 0 Å². The number of hydrazine groups is 1. The zero-order valence-corrected chi connectivity index (χ0v) is 12.3. The smallest absolute Gasteiger partial charge is 0.145 e. The first-order chi connectivity index (χ1) is 10.1. The molecule has 0 saturated heterocycles. The van der Waals surface area contributed by atoms with Crippen molar-refractivity contribution in [1.82, 2.24) is 9.97 Å². The van der Waals surface area contributed by atoms with Crippen LogP contribution in [0.2, 0.25) is 0 Å². The molecule has 1 heterocycles. The largest absolute Gasteiger partial charge is 0.355 e. The van der Waals surface area contributed by atoms with E-state index in [4.69, 9.17) is 5.84 Å². The molecule has 0 spiro atoms. The normalized spacial score (nSPS) is 10.5. The number of nitrogen functional groups attached to an aromatic ring is 1. The standard InChI is InChI=1S/C15H20FN5/c1-3-4-13-18-14(20-17)9-15(19-13)21(2)10-11-5-7-12(16)8-6-11/h5-9H,3-4,10,17H2,1-2H3,(H,18,19,20). The molecule has 21 heavy (non-hydrogen) atoms. The predicted octanol–water partition coefficient (Wildman–Crippen LogP) is 2.49. The van der Waals surface area contributed by atoms with Crippen molar-refractivity contribution in [3.63, 3.8) is 0 Å². The van der Waals surface area contributed by atoms with Gasteiger partial charge in [0.15, 0.2) is 0 Å². The van der Waals surface area contributed by atoms with Gasteiger partial charge in [0, 0.05) is 26.1 Å². The lowest BCUT2D eigenvalue weighted by Crippen LogP contribution is -2.20. The van der Waals surface area contributed by atoms with Gasteiger partial charge in [0.2, 0.25) is 0 Å². The summed E-state index contributed by atoms with van der Waals surface area (Å²) < 4.78 is 12.9. The monoisotopic (exact) mass is 289 g/mol. The van der Waals surface area contributed by atoms with E-state index in [9.17, 15) is 4.39 Å². The quantitative estimate of drug-likeness (QED) is 0.632. The summed E-state index contributed by atoms with van der Waals surface area (Å²) in [6.07, 6.45) is 1.77. The summed E-state index contributed by atoms with van der Waals surface area (Å²) in [6.45, 7) is 2.71. The molecule has 5 nitrogen and oxygen atoms in total. The van der Waals surface area contributed by atoms with E-state index in [1.54, 1.807) is 18.2 Å². The van der Waals surface area contributed by atoms with E-state index in [0.29, 0.717) is 12.4 Å². The van der Waals surface area contributed by atoms with Crippen LogP contribution in [0.4, 0.5) is 16.0 Å². The molecule has 0 unspecified atom stereocenters. The number of anilines is 2. The molecule has 0 amide bonds. The summed E-state index contributed by atoms with van der Waals surface area (Å²) >= 11 is 0. The molecular formula is C15H20FN5. The topological polar surface area (TPSA) is 67.1 Å². The summed E-state index contributed by atoms with van der Waals surface area (Å²) in [5, 5.41) is 0. The molecule has 0 aliphatic rings. The number of nitrogens with zero attached hydrogens (tertiary/aromatic N) is 3. The number of hydrogen-bond donors (Lipinski definition) is 2. The van der Waals surface area contributed by atoms with Crippen LogP contribution in [0, 0.1) is 5.82 Å². The van der Waals surface area contributed by atoms with Crippen molar-refractivity contribution in [2.24, 2.45) is 5.84 Å². The van der Waals surface area contributed by atoms with Crippen LogP contribution in [0.5, 0.6) is 0 Å². The van der Waals surface area contributed by atoms with Gasteiger partial charge >= 0.3 is 0 Å². The van der Waals surface area contributed by atoms with Gasteiger partial charge in [-0.2, -0.15) is 0 Å². The van der Waals surface area contributed by atoms with Crippen LogP contribution in [-0.2, 0) is 13.0 Å². The number of halogens is 1. The second kappa shape index (κ2) is 6.99. The molecule has 112 valence electrons. The van der Waals surface area contributed by atoms with Crippen LogP contribution in [0.15, 0.2) is 30.3 Å². The van der Waals surface area contributed by atoms with Crippen LogP contribution >= 0.6 is 0 Å². The molecule has 0 saturated carbocycles. The third kappa shape index (κ3) is 4.13. The first kappa shape index (κ1) is 15.2. The molecule has 2 rings (SSSR count). The highest BCUT2D eigenvalue weighted by Gasteiger charge is 2.08. The molecule has 1 aromatic carbocycles. The Kier molecular flexibility index (Phi) is 5.05. The van der Waals surface area contributed by atoms with Gasteiger partial charge in [0.25, 0.3) is 0 Å². The van der Waals surface area contributed by atoms with Gasteiger partial charge in [0.1, 0.15) is 23.3 Å². The summed E-state index contributed by atoms with van der Waals surface area (Å²) in [4.78, 5) is 10.8. The highest BCUT2D eigenvalue weighted by Crippen LogP contribution is 2.17. The Morgan fingerprint density at radius 1 is 1.24 bits per heavy atom. The summed E-state index contributed by atoms with van der Waals surface area (Å²) in [6, 6.07) is 8.24. The molecule has 0 aliphatic carbocycles. The summed E-state index contributed by atoms with van der Waals surface area (Å²) in [7, 11) is 1.93. The maximum absolute atomic E-state index is 12.9. The molecule has 0 atom stereocenters. The van der Waals surface area contributed by atoms with E-state index >= 15 is 0 Å². The zero-order chi connectivity index (χ0) is 15.2. The van der Waals surface area contributed by atoms with E-state index in [-0.39, 0.29) is 5.82 Å². The van der Waals surface area contributed by atoms with Gasteiger partial charge in [-0.15, -0.1) is 0 Å². The van der Waals surface area contributed by atoms with Crippen molar-refractivity contribution in [2.45, 2.75) is 26.3 Å². The summed E-state index contributed by atoms with van der Waals surface area (Å²) in [5.41, 5.74) is 3.58. The molecular weight excluding hydrogens is 269 g/mol. The van der Waals surface area contributed by atoms with Crippen LogP contribution < -0.4 is 16.2 Å². The van der Waals surface area contributed by atoms with E-state index in [1.807, 2.05) is 11.9 Å². The second-order valence-electron chi connectivity index (χ2n) is 4.90. The minimum Gasteiger partial charge on any atom is -0.355 e. The minimum atomic E-state index is -0.233. The van der Waals surface area contributed by atoms with Crippen molar-refractivity contribution >= 4 is 11.6 Å². The van der Waals surface area contributed by atoms with E-state index < -0.39 is 0 Å². The van der Waals surface area contributed by atoms with Gasteiger partial charge in [-0.05, 0) is 24.1 Å². The Hall–Kier alpha value is -2.21. The lowest BCUT2D eigenvalue weighted by atomic mass is 10.2. The number of nitrogens with two attached hydrogens (primary N) is 1. The van der Waals surface area contributed by atoms with Gasteiger partial charge in [0.05, 0.1) is 0 Å². The first-order valence-electron chi connectivity index (χ1n) is 6.92. The van der Waals surface area contributed by atoms with Crippen molar-refractivity contribution < 1.29 is 4.39 Å². The lowest BCUT2D eigenvalue weighted by Gasteiger charge is -2.19. The average molecular weight is 289 g/mol. The molecule has 2 aromatic rings. The van der Waals surface area contributed by atoms with Crippen LogP contribution in [0.1, 0.15) is 24.7 Å². The third-order valence-corrected chi connectivity index (χ3v) is 3.10. The Morgan fingerprint density at radius 2 is 1.95 bits per heavy atom. The van der Waals surface area contributed by atoms with Crippen LogP contribution in [0.3, 0.4) is 0 Å². The van der Waals surface area contributed by atoms with Crippen molar-refractivity contribution in [3.8, 4) is 0 Å². The molecule has 3 N–H and O–H groups in total. The maximum atomic E-state index is 12.9. The van der Waals surface area contributed by atoms with Crippen LogP contribution in [0.25, 0.3) is 0 Å². The van der Waals surface area contributed by atoms with Crippen LogP contribution in [-0.4, -0.2) is 17.0 Å². The molecule has 0 fully saturated rings. The van der Waals surface area contributed by atoms with E-state index in [0.717, 1.165) is 30.0 Å². The first-order valence-corrected chi connectivity index (χ1v) is 6.92. The molecule has 0 radical (unpaired) electrons. The molecule has 0 aliphatic heterocycles. The number of aryl methyl sites for hydroxylation is 1. The number of benzene rings is 1. The second-order valence-corrected chi connectivity index (χ2v) is 4.90. The Labute approximate surface area is 124 Å². The zero-order valence-electron chi connectivity index (χ0n) is 12.3. The Morgan fingerprint density at radius 3 is 2.57 bits per heavy atom. The molecule has 6 heteroatoms. The lowest BCUT2D eigenvalue weighted by molar-refractivity contribution is 0.627. The Balaban J connectivity index is 2.19. The fraction of sp³-hybridized carbons (Fsp3) is 0.333. The van der Waals surface area contributed by atoms with E-state index in [1.165, 1.54) is 12.1 Å². The highest BCUT2D eigenvalue weighted by atomic mass is 19.1. The average Bonchev–Trinajstić information content (AvgIpc) is 2.49. The van der Waals surface area contributed by atoms with Gasteiger partial charge in [-0.3, -0.25) is 0 Å². The highest BCUT2D eigenvalue weighted by molar-refractivity contribution is 5.48. The van der Waals surface area contributed by atoms with Crippen molar-refractivity contribution in [2.75, 3.05) is 17.4 Å². The van der Waals surface area contributed by atoms with E-state index in [2.05, 4.69) is 22.3 Å². The van der Waals surface area contributed by atoms with Gasteiger partial charge in [-0.1, -0.05) is 19.1 Å². The van der Waals surface area contributed by atoms with Gasteiger partial charge in [-0.25, -0.2) is 20.2 Å². The van der Waals surface area contributed by atoms with Gasteiger partial charge < -0.3 is 10.3 Å². The number of hydrogen-bond acceptors (Lipinski definition) is 5. The fourth-order valence-electron chi connectivity index (χ4n) is 2.03. The molecule has 0 bridgehead atoms. The maximum Gasteiger partial charge on any atom is 0.145 e. The summed E-state index contributed by atoms with van der Waals surface area (Å²) in [5.74, 6) is 7.35. The number of rotatable bonds is 6. The third-order valence-electron chi connectivity index (χ3n) is 3.10. The fourth-order valence-corrected chi connectivity index (χ4v) is 2.03. The number of nitrogens with one attached hydrogen (secondary N) is 1. The minimum absolute atomic E-state index is 0.233. The number of aromatic nitrogens is 2. The predicted molar refractivity (Wildman–Crippen MR) is 82.3 cm³/mol. The van der Waals surface area contributed by atoms with Crippen molar-refractivity contribution in [3.05, 3.63) is 47.5 Å².